The minimum absolute atomic E-state index is 0.683. The van der Waals surface area contributed by atoms with Crippen LogP contribution in [0.4, 0.5) is 17.5 Å². The molecule has 1 fully saturated rings. The van der Waals surface area contributed by atoms with E-state index in [-0.39, 0.29) is 0 Å². The van der Waals surface area contributed by atoms with Crippen molar-refractivity contribution in [2.45, 2.75) is 34.6 Å². The van der Waals surface area contributed by atoms with Crippen molar-refractivity contribution < 1.29 is 0 Å². The molecule has 1 aromatic carbocycles. The third-order valence-corrected chi connectivity index (χ3v) is 4.90. The number of piperazine rings is 1. The third-order valence-electron chi connectivity index (χ3n) is 4.90. The van der Waals surface area contributed by atoms with Crippen LogP contribution >= 0.6 is 0 Å². The van der Waals surface area contributed by atoms with E-state index in [1.54, 1.807) is 0 Å². The molecule has 2 heterocycles. The molecule has 0 spiro atoms. The number of hydrogen-bond acceptors (Lipinski definition) is 5. The van der Waals surface area contributed by atoms with Crippen molar-refractivity contribution in [3.63, 3.8) is 0 Å². The van der Waals surface area contributed by atoms with Crippen molar-refractivity contribution in [3.8, 4) is 0 Å². The molecular weight excluding hydrogens is 310 g/mol. The van der Waals surface area contributed by atoms with Crippen molar-refractivity contribution in [3.05, 3.63) is 40.6 Å². The molecule has 1 aliphatic heterocycles. The van der Waals surface area contributed by atoms with E-state index in [1.807, 2.05) is 6.92 Å². The molecule has 0 radical (unpaired) electrons. The first-order chi connectivity index (χ1) is 12.0. The maximum Gasteiger partial charge on any atom is 0.229 e. The Morgan fingerprint density at radius 2 is 1.56 bits per heavy atom. The summed E-state index contributed by atoms with van der Waals surface area (Å²) in [7, 11) is 0. The van der Waals surface area contributed by atoms with Gasteiger partial charge in [0.25, 0.3) is 0 Å². The molecule has 0 atom stereocenters. The smallest absolute Gasteiger partial charge is 0.229 e. The summed E-state index contributed by atoms with van der Waals surface area (Å²) >= 11 is 0. The quantitative estimate of drug-likeness (QED) is 0.922. The summed E-state index contributed by atoms with van der Waals surface area (Å²) in [5.74, 6) is 1.70. The van der Waals surface area contributed by atoms with Crippen LogP contribution in [0.5, 0.6) is 0 Å². The first kappa shape index (κ1) is 17.7. The van der Waals surface area contributed by atoms with Gasteiger partial charge >= 0.3 is 0 Å². The summed E-state index contributed by atoms with van der Waals surface area (Å²) in [5.41, 5.74) is 5.83. The highest BCUT2D eigenvalue weighted by atomic mass is 15.3. The highest BCUT2D eigenvalue weighted by Gasteiger charge is 2.18. The minimum Gasteiger partial charge on any atom is -0.354 e. The van der Waals surface area contributed by atoms with E-state index in [1.165, 1.54) is 16.7 Å². The third kappa shape index (κ3) is 4.10. The number of rotatable bonds is 4. The highest BCUT2D eigenvalue weighted by Crippen LogP contribution is 2.26. The molecular formula is C20H29N5. The van der Waals surface area contributed by atoms with Crippen LogP contribution < -0.4 is 10.2 Å². The first-order valence-electron chi connectivity index (χ1n) is 9.14. The lowest BCUT2D eigenvalue weighted by Crippen LogP contribution is -2.46. The molecule has 0 bridgehead atoms. The van der Waals surface area contributed by atoms with Gasteiger partial charge in [0.1, 0.15) is 5.82 Å². The van der Waals surface area contributed by atoms with Gasteiger partial charge in [-0.15, -0.1) is 0 Å². The molecule has 1 N–H and O–H groups in total. The largest absolute Gasteiger partial charge is 0.354 e. The number of hydrogen-bond donors (Lipinski definition) is 1. The second-order valence-corrected chi connectivity index (χ2v) is 7.01. The Hall–Kier alpha value is -2.14. The molecule has 0 unspecified atom stereocenters. The normalized spacial score (nSPS) is 15.5. The second kappa shape index (κ2) is 7.40. The van der Waals surface area contributed by atoms with Crippen LogP contribution in [0.15, 0.2) is 18.2 Å². The van der Waals surface area contributed by atoms with E-state index in [9.17, 15) is 0 Å². The Balaban J connectivity index is 1.83. The Morgan fingerprint density at radius 3 is 2.16 bits per heavy atom. The van der Waals surface area contributed by atoms with E-state index in [0.29, 0.717) is 5.95 Å². The molecule has 25 heavy (non-hydrogen) atoms. The van der Waals surface area contributed by atoms with Crippen molar-refractivity contribution in [2.75, 3.05) is 42.9 Å². The maximum atomic E-state index is 4.79. The predicted octanol–water partition coefficient (Wildman–Crippen LogP) is 3.60. The van der Waals surface area contributed by atoms with Gasteiger partial charge in [0.05, 0.1) is 0 Å². The zero-order chi connectivity index (χ0) is 18.0. The van der Waals surface area contributed by atoms with Gasteiger partial charge in [0.2, 0.25) is 5.95 Å². The van der Waals surface area contributed by atoms with Gasteiger partial charge in [-0.25, -0.2) is 4.98 Å². The summed E-state index contributed by atoms with van der Waals surface area (Å²) in [6, 6.07) is 6.47. The fourth-order valence-corrected chi connectivity index (χ4v) is 3.55. The van der Waals surface area contributed by atoms with Crippen LogP contribution in [-0.4, -0.2) is 47.6 Å². The van der Waals surface area contributed by atoms with E-state index >= 15 is 0 Å². The Morgan fingerprint density at radius 1 is 0.920 bits per heavy atom. The van der Waals surface area contributed by atoms with Crippen LogP contribution in [-0.2, 0) is 0 Å². The summed E-state index contributed by atoms with van der Waals surface area (Å²) in [4.78, 5) is 14.2. The zero-order valence-corrected chi connectivity index (χ0v) is 16.1. The van der Waals surface area contributed by atoms with E-state index in [2.05, 4.69) is 66.0 Å². The fraction of sp³-hybridized carbons (Fsp3) is 0.500. The monoisotopic (exact) mass is 339 g/mol. The molecule has 2 aromatic rings. The number of anilines is 3. The summed E-state index contributed by atoms with van der Waals surface area (Å²) in [6.45, 7) is 16.0. The second-order valence-electron chi connectivity index (χ2n) is 7.01. The molecule has 1 aliphatic rings. The van der Waals surface area contributed by atoms with Crippen molar-refractivity contribution in [1.82, 2.24) is 14.9 Å². The van der Waals surface area contributed by atoms with Crippen LogP contribution in [0.2, 0.25) is 0 Å². The summed E-state index contributed by atoms with van der Waals surface area (Å²) in [6.07, 6.45) is 0. The van der Waals surface area contributed by atoms with Gasteiger partial charge in [-0.1, -0.05) is 24.6 Å². The van der Waals surface area contributed by atoms with Crippen LogP contribution in [0.3, 0.4) is 0 Å². The average Bonchev–Trinajstić information content (AvgIpc) is 2.58. The number of likely N-dealkylation sites (N-methyl/N-ethyl adjacent to an activating group) is 1. The van der Waals surface area contributed by atoms with Gasteiger partial charge in [-0.05, 0) is 45.4 Å². The van der Waals surface area contributed by atoms with Gasteiger partial charge in [0, 0.05) is 43.6 Å². The lowest BCUT2D eigenvalue weighted by molar-refractivity contribution is 0.270. The van der Waals surface area contributed by atoms with E-state index < -0.39 is 0 Å². The van der Waals surface area contributed by atoms with Crippen LogP contribution in [0.25, 0.3) is 0 Å². The lowest BCUT2D eigenvalue weighted by Gasteiger charge is -2.34. The SMILES string of the molecule is CCN1CCN(c2cc(C)nc(Nc3c(C)cc(C)cc3C)n2)CC1. The molecule has 3 rings (SSSR count). The Bertz CT molecular complexity index is 725. The van der Waals surface area contributed by atoms with Crippen LogP contribution in [0.1, 0.15) is 29.3 Å². The zero-order valence-electron chi connectivity index (χ0n) is 16.1. The van der Waals surface area contributed by atoms with Gasteiger partial charge in [-0.3, -0.25) is 0 Å². The van der Waals surface area contributed by atoms with Crippen molar-refractivity contribution in [2.24, 2.45) is 0 Å². The average molecular weight is 339 g/mol. The molecule has 5 nitrogen and oxygen atoms in total. The first-order valence-corrected chi connectivity index (χ1v) is 9.14. The van der Waals surface area contributed by atoms with Crippen molar-refractivity contribution in [1.29, 1.82) is 0 Å². The Kier molecular flexibility index (Phi) is 5.23. The molecule has 1 saturated heterocycles. The molecule has 0 amide bonds. The topological polar surface area (TPSA) is 44.3 Å². The molecule has 5 heteroatoms. The van der Waals surface area contributed by atoms with Gasteiger partial charge in [0.15, 0.2) is 0 Å². The molecule has 0 aliphatic carbocycles. The van der Waals surface area contributed by atoms with Gasteiger partial charge < -0.3 is 15.1 Å². The summed E-state index contributed by atoms with van der Waals surface area (Å²) < 4.78 is 0. The van der Waals surface area contributed by atoms with Gasteiger partial charge in [-0.2, -0.15) is 4.98 Å². The van der Waals surface area contributed by atoms with E-state index in [4.69, 9.17) is 4.98 Å². The highest BCUT2D eigenvalue weighted by molar-refractivity contribution is 5.64. The number of aromatic nitrogens is 2. The van der Waals surface area contributed by atoms with E-state index in [0.717, 1.165) is 49.9 Å². The minimum atomic E-state index is 0.683. The number of aryl methyl sites for hydroxylation is 4. The Labute approximate surface area is 151 Å². The number of nitrogens with zero attached hydrogens (tertiary/aromatic N) is 4. The molecule has 1 aromatic heterocycles. The standard InChI is InChI=1S/C20H29N5/c1-6-24-7-9-25(10-8-24)18-13-17(5)21-20(22-18)23-19-15(3)11-14(2)12-16(19)4/h11-13H,6-10H2,1-5H3,(H,21,22,23). The predicted molar refractivity (Wildman–Crippen MR) is 105 cm³/mol. The molecule has 0 saturated carbocycles. The van der Waals surface area contributed by atoms with Crippen molar-refractivity contribution >= 4 is 17.5 Å². The maximum absolute atomic E-state index is 4.79. The number of benzene rings is 1. The lowest BCUT2D eigenvalue weighted by atomic mass is 10.1. The molecule has 134 valence electrons. The summed E-state index contributed by atoms with van der Waals surface area (Å²) in [5, 5.41) is 3.45. The number of nitrogens with one attached hydrogen (secondary N) is 1. The fourth-order valence-electron chi connectivity index (χ4n) is 3.55. The van der Waals surface area contributed by atoms with Crippen LogP contribution in [0, 0.1) is 27.7 Å².